The molecule has 3 rings (SSSR count). The zero-order valence-electron chi connectivity index (χ0n) is 11.5. The first kappa shape index (κ1) is 14.9. The van der Waals surface area contributed by atoms with Crippen molar-refractivity contribution in [2.24, 2.45) is 0 Å². The highest BCUT2D eigenvalue weighted by atomic mass is 35.5. The van der Waals surface area contributed by atoms with Crippen molar-refractivity contribution in [1.29, 1.82) is 0 Å². The van der Waals surface area contributed by atoms with E-state index in [-0.39, 0.29) is 0 Å². The van der Waals surface area contributed by atoms with Gasteiger partial charge in [0.15, 0.2) is 5.75 Å². The van der Waals surface area contributed by atoms with Gasteiger partial charge in [-0.15, -0.1) is 0 Å². The maximum absolute atomic E-state index is 12.9. The molecule has 0 radical (unpaired) electrons. The highest BCUT2D eigenvalue weighted by Gasteiger charge is 2.29. The molecule has 1 aliphatic heterocycles. The molecule has 0 aliphatic carbocycles. The minimum Gasteiger partial charge on any atom is -0.491 e. The average Bonchev–Trinajstić information content (AvgIpc) is 2.48. The second-order valence-electron chi connectivity index (χ2n) is 4.88. The topological polar surface area (TPSA) is 26.3 Å². The summed E-state index contributed by atoms with van der Waals surface area (Å²) in [5.41, 5.74) is 1.89. The van der Waals surface area contributed by atoms with E-state index in [1.807, 2.05) is 31.2 Å². The van der Waals surface area contributed by atoms with Crippen LogP contribution in [0.2, 0.25) is 10.0 Å². The lowest BCUT2D eigenvalue weighted by Crippen LogP contribution is -2.12. The predicted octanol–water partition coefficient (Wildman–Crippen LogP) is 4.85. The van der Waals surface area contributed by atoms with Crippen LogP contribution in [0.15, 0.2) is 40.1 Å². The molecule has 0 saturated heterocycles. The SMILES string of the molecule is CCCOc1c(Cl)cc(Cl)c2c1S(=O)c1ccccc1C2. The molecule has 5 heteroatoms. The van der Waals surface area contributed by atoms with E-state index in [1.165, 1.54) is 0 Å². The Morgan fingerprint density at radius 3 is 2.76 bits per heavy atom. The van der Waals surface area contributed by atoms with Crippen LogP contribution in [-0.2, 0) is 17.2 Å². The van der Waals surface area contributed by atoms with Gasteiger partial charge in [-0.1, -0.05) is 48.3 Å². The van der Waals surface area contributed by atoms with E-state index in [1.54, 1.807) is 6.07 Å². The summed E-state index contributed by atoms with van der Waals surface area (Å²) >= 11 is 12.6. The molecule has 0 saturated carbocycles. The minimum absolute atomic E-state index is 0.417. The first-order valence-corrected chi connectivity index (χ1v) is 8.67. The number of benzene rings is 2. The van der Waals surface area contributed by atoms with Gasteiger partial charge in [-0.25, -0.2) is 4.21 Å². The third-order valence-corrected chi connectivity index (χ3v) is 5.63. The van der Waals surface area contributed by atoms with Crippen LogP contribution < -0.4 is 4.74 Å². The van der Waals surface area contributed by atoms with E-state index < -0.39 is 10.8 Å². The summed E-state index contributed by atoms with van der Waals surface area (Å²) < 4.78 is 18.7. The second kappa shape index (κ2) is 5.99. The standard InChI is InChI=1S/C16H14Cl2O2S/c1-2-7-20-15-13(18)9-12(17)11-8-10-5-3-4-6-14(10)21(19)16(11)15/h3-6,9H,2,7-8H2,1H3. The molecular weight excluding hydrogens is 327 g/mol. The lowest BCUT2D eigenvalue weighted by Gasteiger charge is -2.23. The Morgan fingerprint density at radius 1 is 1.24 bits per heavy atom. The van der Waals surface area contributed by atoms with Crippen LogP contribution in [-0.4, -0.2) is 10.8 Å². The number of hydrogen-bond acceptors (Lipinski definition) is 2. The van der Waals surface area contributed by atoms with Crippen LogP contribution in [0, 0.1) is 0 Å². The number of hydrogen-bond donors (Lipinski definition) is 0. The molecule has 21 heavy (non-hydrogen) atoms. The number of halogens is 2. The van der Waals surface area contributed by atoms with Gasteiger partial charge in [0.05, 0.1) is 27.3 Å². The molecule has 1 aliphatic rings. The lowest BCUT2D eigenvalue weighted by atomic mass is 10.0. The van der Waals surface area contributed by atoms with Crippen LogP contribution in [0.4, 0.5) is 0 Å². The molecule has 1 unspecified atom stereocenters. The van der Waals surface area contributed by atoms with Gasteiger partial charge in [0.2, 0.25) is 0 Å². The Morgan fingerprint density at radius 2 is 2.00 bits per heavy atom. The number of ether oxygens (including phenoxy) is 1. The maximum Gasteiger partial charge on any atom is 0.154 e. The molecule has 0 amide bonds. The molecule has 0 bridgehead atoms. The summed E-state index contributed by atoms with van der Waals surface area (Å²) in [6.45, 7) is 2.55. The maximum atomic E-state index is 12.9. The van der Waals surface area contributed by atoms with Crippen molar-refractivity contribution in [2.75, 3.05) is 6.61 Å². The minimum atomic E-state index is -1.32. The monoisotopic (exact) mass is 340 g/mol. The Bertz CT molecular complexity index is 728. The van der Waals surface area contributed by atoms with Crippen LogP contribution in [0.3, 0.4) is 0 Å². The second-order valence-corrected chi connectivity index (χ2v) is 7.08. The molecule has 0 fully saturated rings. The van der Waals surface area contributed by atoms with E-state index in [4.69, 9.17) is 27.9 Å². The van der Waals surface area contributed by atoms with Gasteiger partial charge >= 0.3 is 0 Å². The molecule has 2 nitrogen and oxygen atoms in total. The first-order chi connectivity index (χ1) is 10.1. The molecule has 0 aromatic heterocycles. The van der Waals surface area contributed by atoms with Gasteiger partial charge in [-0.05, 0) is 29.7 Å². The van der Waals surface area contributed by atoms with Crippen molar-refractivity contribution in [2.45, 2.75) is 29.6 Å². The van der Waals surface area contributed by atoms with Gasteiger partial charge in [0, 0.05) is 16.3 Å². The van der Waals surface area contributed by atoms with Crippen molar-refractivity contribution in [3.8, 4) is 5.75 Å². The van der Waals surface area contributed by atoms with Crippen molar-refractivity contribution >= 4 is 34.0 Å². The van der Waals surface area contributed by atoms with E-state index >= 15 is 0 Å². The summed E-state index contributed by atoms with van der Waals surface area (Å²) in [7, 11) is -1.32. The Balaban J connectivity index is 2.20. The van der Waals surface area contributed by atoms with Crippen molar-refractivity contribution in [3.05, 3.63) is 51.5 Å². The highest BCUT2D eigenvalue weighted by Crippen LogP contribution is 2.44. The van der Waals surface area contributed by atoms with E-state index in [2.05, 4.69) is 0 Å². The zero-order valence-corrected chi connectivity index (χ0v) is 13.8. The predicted molar refractivity (Wildman–Crippen MR) is 86.2 cm³/mol. The number of fused-ring (bicyclic) bond motifs is 2. The van der Waals surface area contributed by atoms with Crippen LogP contribution >= 0.6 is 23.2 Å². The molecule has 1 atom stereocenters. The summed E-state index contributed by atoms with van der Waals surface area (Å²) in [6.07, 6.45) is 1.51. The molecule has 0 spiro atoms. The molecule has 0 N–H and O–H groups in total. The summed E-state index contributed by atoms with van der Waals surface area (Å²) in [4.78, 5) is 1.43. The zero-order chi connectivity index (χ0) is 15.0. The smallest absolute Gasteiger partial charge is 0.154 e. The van der Waals surface area contributed by atoms with Gasteiger partial charge in [0.25, 0.3) is 0 Å². The quantitative estimate of drug-likeness (QED) is 0.680. The third-order valence-electron chi connectivity index (χ3n) is 3.41. The molecule has 1 heterocycles. The Labute approximate surface area is 136 Å². The van der Waals surface area contributed by atoms with Crippen LogP contribution in [0.1, 0.15) is 24.5 Å². The van der Waals surface area contributed by atoms with Crippen LogP contribution in [0.5, 0.6) is 5.75 Å². The lowest BCUT2D eigenvalue weighted by molar-refractivity contribution is 0.309. The first-order valence-electron chi connectivity index (χ1n) is 6.76. The summed E-state index contributed by atoms with van der Waals surface area (Å²) in [5, 5.41) is 0.960. The number of rotatable bonds is 3. The summed E-state index contributed by atoms with van der Waals surface area (Å²) in [6, 6.07) is 9.37. The fourth-order valence-electron chi connectivity index (χ4n) is 2.45. The Kier molecular flexibility index (Phi) is 4.25. The van der Waals surface area contributed by atoms with Crippen molar-refractivity contribution in [3.63, 3.8) is 0 Å². The molecule has 2 aromatic carbocycles. The van der Waals surface area contributed by atoms with Crippen molar-refractivity contribution in [1.82, 2.24) is 0 Å². The van der Waals surface area contributed by atoms with E-state index in [0.29, 0.717) is 33.7 Å². The third kappa shape index (κ3) is 2.59. The fraction of sp³-hybridized carbons (Fsp3) is 0.250. The average molecular weight is 341 g/mol. The van der Waals surface area contributed by atoms with Gasteiger partial charge < -0.3 is 4.74 Å². The highest BCUT2D eigenvalue weighted by molar-refractivity contribution is 7.85. The normalized spacial score (nSPS) is 16.2. The largest absolute Gasteiger partial charge is 0.491 e. The van der Waals surface area contributed by atoms with E-state index in [0.717, 1.165) is 22.4 Å². The fourth-order valence-corrected chi connectivity index (χ4v) is 4.69. The van der Waals surface area contributed by atoms with Crippen LogP contribution in [0.25, 0.3) is 0 Å². The van der Waals surface area contributed by atoms with E-state index in [9.17, 15) is 4.21 Å². The van der Waals surface area contributed by atoms with Gasteiger partial charge in [-0.3, -0.25) is 0 Å². The van der Waals surface area contributed by atoms with Gasteiger partial charge in [-0.2, -0.15) is 0 Å². The summed E-state index contributed by atoms with van der Waals surface area (Å²) in [5.74, 6) is 0.505. The Hall–Kier alpha value is -1.03. The van der Waals surface area contributed by atoms with Crippen molar-refractivity contribution < 1.29 is 8.95 Å². The molecule has 2 aromatic rings. The van der Waals surface area contributed by atoms with Gasteiger partial charge in [0.1, 0.15) is 0 Å². The molecule has 110 valence electrons. The molecular formula is C16H14Cl2O2S.